The van der Waals surface area contributed by atoms with Crippen molar-refractivity contribution in [2.45, 2.75) is 6.92 Å². The Morgan fingerprint density at radius 3 is 2.55 bits per heavy atom. The predicted octanol–water partition coefficient (Wildman–Crippen LogP) is 1.33. The van der Waals surface area contributed by atoms with Crippen molar-refractivity contribution in [3.63, 3.8) is 0 Å². The van der Waals surface area contributed by atoms with Crippen LogP contribution in [0.25, 0.3) is 0 Å². The maximum atomic E-state index is 12.0. The number of anilines is 1. The molecule has 0 aliphatic rings. The smallest absolute Gasteiger partial charge is 0.337 e. The number of likely N-dealkylation sites (N-methyl/N-ethyl adjacent to an activating group) is 1. The first-order chi connectivity index (χ1) is 9.35. The van der Waals surface area contributed by atoms with E-state index in [1.807, 2.05) is 22.6 Å². The summed E-state index contributed by atoms with van der Waals surface area (Å²) in [5.74, 6) is -1.78. The van der Waals surface area contributed by atoms with Crippen molar-refractivity contribution in [3.8, 4) is 0 Å². The van der Waals surface area contributed by atoms with Gasteiger partial charge in [-0.3, -0.25) is 4.79 Å². The SMILES string of the molecule is CCN(CC(N)=O)C(=O)Nc1ccc(I)cc1C(=O)O. The number of carbonyl (C=O) groups is 3. The highest BCUT2D eigenvalue weighted by atomic mass is 127. The summed E-state index contributed by atoms with van der Waals surface area (Å²) in [5.41, 5.74) is 5.20. The van der Waals surface area contributed by atoms with E-state index in [1.165, 1.54) is 17.0 Å². The molecule has 0 unspecified atom stereocenters. The number of rotatable bonds is 5. The molecule has 4 N–H and O–H groups in total. The molecule has 0 bridgehead atoms. The molecule has 0 aromatic heterocycles. The standard InChI is InChI=1S/C12H14IN3O4/c1-2-16(6-10(14)17)12(20)15-9-4-3-7(13)5-8(9)11(18)19/h3-5H,2,6H2,1H3,(H2,14,17)(H,15,20)(H,18,19). The average Bonchev–Trinajstić information content (AvgIpc) is 2.37. The molecule has 0 saturated carbocycles. The van der Waals surface area contributed by atoms with Gasteiger partial charge in [-0.15, -0.1) is 0 Å². The fourth-order valence-electron chi connectivity index (χ4n) is 1.51. The Hall–Kier alpha value is -1.84. The number of urea groups is 1. The van der Waals surface area contributed by atoms with Crippen LogP contribution in [-0.4, -0.2) is 41.0 Å². The highest BCUT2D eigenvalue weighted by Gasteiger charge is 2.17. The number of nitrogens with zero attached hydrogens (tertiary/aromatic N) is 1. The molecule has 0 atom stereocenters. The Balaban J connectivity index is 2.95. The van der Waals surface area contributed by atoms with E-state index in [9.17, 15) is 14.4 Å². The van der Waals surface area contributed by atoms with Gasteiger partial charge in [0.25, 0.3) is 0 Å². The Morgan fingerprint density at radius 1 is 1.40 bits per heavy atom. The summed E-state index contributed by atoms with van der Waals surface area (Å²) < 4.78 is 0.738. The molecule has 3 amide bonds. The molecule has 0 saturated heterocycles. The highest BCUT2D eigenvalue weighted by Crippen LogP contribution is 2.19. The third-order valence-corrected chi connectivity index (χ3v) is 3.14. The number of aromatic carboxylic acids is 1. The lowest BCUT2D eigenvalue weighted by Gasteiger charge is -2.20. The Morgan fingerprint density at radius 2 is 2.05 bits per heavy atom. The van der Waals surface area contributed by atoms with Crippen LogP contribution in [0.4, 0.5) is 10.5 Å². The third kappa shape index (κ3) is 4.37. The quantitative estimate of drug-likeness (QED) is 0.658. The number of primary amides is 1. The van der Waals surface area contributed by atoms with Gasteiger partial charge in [0, 0.05) is 10.1 Å². The summed E-state index contributed by atoms with van der Waals surface area (Å²) in [4.78, 5) is 35.1. The van der Waals surface area contributed by atoms with Crippen LogP contribution in [0.5, 0.6) is 0 Å². The summed E-state index contributed by atoms with van der Waals surface area (Å²) in [7, 11) is 0. The summed E-state index contributed by atoms with van der Waals surface area (Å²) in [5, 5.41) is 11.6. The van der Waals surface area contributed by atoms with Gasteiger partial charge in [-0.05, 0) is 47.7 Å². The first kappa shape index (κ1) is 16.2. The number of nitrogens with one attached hydrogen (secondary N) is 1. The number of carboxylic acids is 1. The first-order valence-electron chi connectivity index (χ1n) is 5.72. The van der Waals surface area contributed by atoms with Gasteiger partial charge in [0.2, 0.25) is 5.91 Å². The van der Waals surface area contributed by atoms with E-state index in [1.54, 1.807) is 13.0 Å². The zero-order valence-electron chi connectivity index (χ0n) is 10.7. The topological polar surface area (TPSA) is 113 Å². The van der Waals surface area contributed by atoms with Crippen molar-refractivity contribution in [2.75, 3.05) is 18.4 Å². The predicted molar refractivity (Wildman–Crippen MR) is 81.6 cm³/mol. The number of halogens is 1. The number of carbonyl (C=O) groups excluding carboxylic acids is 2. The van der Waals surface area contributed by atoms with Gasteiger partial charge >= 0.3 is 12.0 Å². The van der Waals surface area contributed by atoms with Gasteiger partial charge in [-0.25, -0.2) is 9.59 Å². The van der Waals surface area contributed by atoms with Crippen LogP contribution in [0.15, 0.2) is 18.2 Å². The maximum Gasteiger partial charge on any atom is 0.337 e. The number of amides is 3. The second-order valence-electron chi connectivity index (χ2n) is 3.91. The van der Waals surface area contributed by atoms with E-state index in [0.717, 1.165) is 3.57 Å². The van der Waals surface area contributed by atoms with Gasteiger partial charge in [0.05, 0.1) is 11.3 Å². The first-order valence-corrected chi connectivity index (χ1v) is 6.80. The molecule has 0 spiro atoms. The molecule has 7 nitrogen and oxygen atoms in total. The van der Waals surface area contributed by atoms with Gasteiger partial charge in [-0.1, -0.05) is 0 Å². The molecule has 20 heavy (non-hydrogen) atoms. The lowest BCUT2D eigenvalue weighted by molar-refractivity contribution is -0.118. The molecule has 0 radical (unpaired) electrons. The van der Waals surface area contributed by atoms with Gasteiger partial charge in [-0.2, -0.15) is 0 Å². The summed E-state index contributed by atoms with van der Waals surface area (Å²) in [6.07, 6.45) is 0. The number of nitrogens with two attached hydrogens (primary N) is 1. The monoisotopic (exact) mass is 391 g/mol. The normalized spacial score (nSPS) is 9.90. The molecule has 8 heteroatoms. The van der Waals surface area contributed by atoms with E-state index in [4.69, 9.17) is 10.8 Å². The Kier molecular flexibility index (Phi) is 5.74. The molecule has 1 aromatic rings. The zero-order chi connectivity index (χ0) is 15.3. The second kappa shape index (κ2) is 7.08. The number of benzene rings is 1. The van der Waals surface area contributed by atoms with Crippen molar-refractivity contribution < 1.29 is 19.5 Å². The molecule has 1 aromatic carbocycles. The van der Waals surface area contributed by atoms with Crippen LogP contribution in [0, 0.1) is 3.57 Å². The van der Waals surface area contributed by atoms with Crippen LogP contribution in [0.3, 0.4) is 0 Å². The molecule has 0 aliphatic heterocycles. The molecule has 108 valence electrons. The molecule has 0 heterocycles. The van der Waals surface area contributed by atoms with Crippen molar-refractivity contribution in [1.29, 1.82) is 0 Å². The van der Waals surface area contributed by atoms with Gasteiger partial charge < -0.3 is 21.1 Å². The average molecular weight is 391 g/mol. The maximum absolute atomic E-state index is 12.0. The molecule has 0 aliphatic carbocycles. The Bertz CT molecular complexity index is 548. The van der Waals surface area contributed by atoms with Gasteiger partial charge in [0.1, 0.15) is 6.54 Å². The van der Waals surface area contributed by atoms with E-state index in [-0.39, 0.29) is 24.3 Å². The van der Waals surface area contributed by atoms with E-state index in [0.29, 0.717) is 0 Å². The largest absolute Gasteiger partial charge is 0.478 e. The lowest BCUT2D eigenvalue weighted by Crippen LogP contribution is -2.41. The number of carboxylic acid groups (broad SMARTS) is 1. The van der Waals surface area contributed by atoms with E-state index < -0.39 is 17.9 Å². The minimum Gasteiger partial charge on any atom is -0.478 e. The van der Waals surface area contributed by atoms with Crippen LogP contribution in [0.1, 0.15) is 17.3 Å². The van der Waals surface area contributed by atoms with Gasteiger partial charge in [0.15, 0.2) is 0 Å². The van der Waals surface area contributed by atoms with E-state index in [2.05, 4.69) is 5.32 Å². The van der Waals surface area contributed by atoms with Crippen molar-refractivity contribution in [3.05, 3.63) is 27.3 Å². The van der Waals surface area contributed by atoms with Crippen LogP contribution < -0.4 is 11.1 Å². The molecule has 1 rings (SSSR count). The fraction of sp³-hybridized carbons (Fsp3) is 0.250. The number of hydrogen-bond donors (Lipinski definition) is 3. The number of hydrogen-bond acceptors (Lipinski definition) is 3. The molecule has 0 fully saturated rings. The molecular formula is C12H14IN3O4. The van der Waals surface area contributed by atoms with Crippen LogP contribution >= 0.6 is 22.6 Å². The van der Waals surface area contributed by atoms with Crippen LogP contribution in [0.2, 0.25) is 0 Å². The minimum atomic E-state index is -1.14. The van der Waals surface area contributed by atoms with Crippen molar-refractivity contribution in [1.82, 2.24) is 4.90 Å². The third-order valence-electron chi connectivity index (χ3n) is 2.47. The van der Waals surface area contributed by atoms with E-state index >= 15 is 0 Å². The van der Waals surface area contributed by atoms with Crippen molar-refractivity contribution in [2.24, 2.45) is 5.73 Å². The summed E-state index contributed by atoms with van der Waals surface area (Å²) in [6, 6.07) is 4.05. The molecular weight excluding hydrogens is 377 g/mol. The lowest BCUT2D eigenvalue weighted by atomic mass is 10.2. The Labute approximate surface area is 129 Å². The van der Waals surface area contributed by atoms with Crippen LogP contribution in [-0.2, 0) is 4.79 Å². The highest BCUT2D eigenvalue weighted by molar-refractivity contribution is 14.1. The fourth-order valence-corrected chi connectivity index (χ4v) is 2.00. The zero-order valence-corrected chi connectivity index (χ0v) is 12.9. The second-order valence-corrected chi connectivity index (χ2v) is 5.15. The van der Waals surface area contributed by atoms with Crippen molar-refractivity contribution >= 4 is 46.2 Å². The minimum absolute atomic E-state index is 0.0135. The summed E-state index contributed by atoms with van der Waals surface area (Å²) >= 11 is 1.98. The summed E-state index contributed by atoms with van der Waals surface area (Å²) in [6.45, 7) is 1.74.